The summed E-state index contributed by atoms with van der Waals surface area (Å²) in [6.07, 6.45) is 0.167. The van der Waals surface area contributed by atoms with Gasteiger partial charge in [0.1, 0.15) is 6.04 Å². The van der Waals surface area contributed by atoms with Crippen molar-refractivity contribution in [2.45, 2.75) is 25.9 Å². The Labute approximate surface area is 214 Å². The van der Waals surface area contributed by atoms with Gasteiger partial charge >= 0.3 is 0 Å². The van der Waals surface area contributed by atoms with Gasteiger partial charge in [-0.15, -0.1) is 11.3 Å². The summed E-state index contributed by atoms with van der Waals surface area (Å²) in [4.78, 5) is 41.4. The van der Waals surface area contributed by atoms with E-state index in [-0.39, 0.29) is 24.1 Å². The summed E-state index contributed by atoms with van der Waals surface area (Å²) in [5.41, 5.74) is 2.85. The Balaban J connectivity index is 1.71. The third-order valence-electron chi connectivity index (χ3n) is 5.57. The zero-order valence-corrected chi connectivity index (χ0v) is 20.7. The third kappa shape index (κ3) is 6.46. The van der Waals surface area contributed by atoms with E-state index < -0.39 is 6.04 Å². The zero-order valence-electron chi connectivity index (χ0n) is 19.9. The predicted molar refractivity (Wildman–Crippen MR) is 144 cm³/mol. The molecule has 4 rings (SSSR count). The first-order valence-corrected chi connectivity index (χ1v) is 12.5. The first-order chi connectivity index (χ1) is 17.5. The molecule has 6 nitrogen and oxygen atoms in total. The van der Waals surface area contributed by atoms with Gasteiger partial charge in [0.15, 0.2) is 0 Å². The molecule has 0 bridgehead atoms. The largest absolute Gasteiger partial charge is 0.350 e. The summed E-state index contributed by atoms with van der Waals surface area (Å²) < 4.78 is 0. The fourth-order valence-corrected chi connectivity index (χ4v) is 4.62. The lowest BCUT2D eigenvalue weighted by molar-refractivity contribution is -0.126. The monoisotopic (exact) mass is 497 g/mol. The highest BCUT2D eigenvalue weighted by Crippen LogP contribution is 2.30. The Morgan fingerprint density at radius 2 is 1.50 bits per heavy atom. The highest BCUT2D eigenvalue weighted by atomic mass is 32.1. The second-order valence-corrected chi connectivity index (χ2v) is 9.30. The topological polar surface area (TPSA) is 78.5 Å². The van der Waals surface area contributed by atoms with Gasteiger partial charge in [0.25, 0.3) is 0 Å². The number of anilines is 2. The van der Waals surface area contributed by atoms with Crippen molar-refractivity contribution in [3.8, 4) is 0 Å². The molecule has 2 N–H and O–H groups in total. The molecule has 4 aromatic rings. The van der Waals surface area contributed by atoms with Crippen LogP contribution in [0, 0.1) is 0 Å². The number of hydrogen-bond acceptors (Lipinski definition) is 4. The van der Waals surface area contributed by atoms with Gasteiger partial charge in [-0.25, -0.2) is 0 Å². The van der Waals surface area contributed by atoms with Crippen molar-refractivity contribution >= 4 is 40.4 Å². The molecule has 0 spiro atoms. The Kier molecular flexibility index (Phi) is 8.26. The molecule has 0 aliphatic heterocycles. The molecule has 1 heterocycles. The number of benzene rings is 3. The van der Waals surface area contributed by atoms with Gasteiger partial charge in [0, 0.05) is 29.7 Å². The van der Waals surface area contributed by atoms with E-state index in [0.29, 0.717) is 23.5 Å². The summed E-state index contributed by atoms with van der Waals surface area (Å²) in [6, 6.07) is 28.8. The van der Waals surface area contributed by atoms with E-state index in [1.54, 1.807) is 29.2 Å². The minimum atomic E-state index is -0.881. The highest BCUT2D eigenvalue weighted by Gasteiger charge is 2.32. The molecule has 0 aliphatic rings. The average Bonchev–Trinajstić information content (AvgIpc) is 3.40. The third-order valence-corrected chi connectivity index (χ3v) is 6.45. The Hall–Kier alpha value is -4.23. The van der Waals surface area contributed by atoms with E-state index in [4.69, 9.17) is 0 Å². The van der Waals surface area contributed by atoms with E-state index in [2.05, 4.69) is 10.6 Å². The maximum Gasteiger partial charge on any atom is 0.248 e. The molecule has 0 saturated carbocycles. The second kappa shape index (κ2) is 12.0. The summed E-state index contributed by atoms with van der Waals surface area (Å²) in [5.74, 6) is -0.667. The molecule has 182 valence electrons. The van der Waals surface area contributed by atoms with Crippen LogP contribution >= 0.6 is 11.3 Å². The number of carbonyl (C=O) groups excluding carboxylic acids is 3. The second-order valence-electron chi connectivity index (χ2n) is 8.26. The predicted octanol–water partition coefficient (Wildman–Crippen LogP) is 5.34. The van der Waals surface area contributed by atoms with Crippen LogP contribution in [0.4, 0.5) is 11.4 Å². The molecule has 0 fully saturated rings. The van der Waals surface area contributed by atoms with Crippen molar-refractivity contribution in [3.63, 3.8) is 0 Å². The Morgan fingerprint density at radius 3 is 2.11 bits per heavy atom. The maximum absolute atomic E-state index is 13.8. The van der Waals surface area contributed by atoms with E-state index in [0.717, 1.165) is 10.4 Å². The minimum Gasteiger partial charge on any atom is -0.350 e. The number of carbonyl (C=O) groups is 3. The average molecular weight is 498 g/mol. The molecule has 3 amide bonds. The van der Waals surface area contributed by atoms with Crippen molar-refractivity contribution in [2.24, 2.45) is 0 Å². The number of nitrogens with one attached hydrogen (secondary N) is 2. The number of thiophene rings is 1. The molecular formula is C29H27N3O3S. The van der Waals surface area contributed by atoms with Gasteiger partial charge in [-0.05, 0) is 46.8 Å². The Morgan fingerprint density at radius 1 is 0.833 bits per heavy atom. The number of hydrogen-bond donors (Lipinski definition) is 2. The molecule has 1 atom stereocenters. The quantitative estimate of drug-likeness (QED) is 0.328. The fourth-order valence-electron chi connectivity index (χ4n) is 3.93. The van der Waals surface area contributed by atoms with Gasteiger partial charge in [-0.1, -0.05) is 66.7 Å². The summed E-state index contributed by atoms with van der Waals surface area (Å²) in [6.45, 7) is 1.78. The minimum absolute atomic E-state index is 0.167. The number of rotatable bonds is 9. The van der Waals surface area contributed by atoms with Crippen LogP contribution < -0.4 is 15.5 Å². The van der Waals surface area contributed by atoms with Crippen LogP contribution in [0.3, 0.4) is 0 Å². The van der Waals surface area contributed by atoms with Crippen molar-refractivity contribution in [1.29, 1.82) is 0 Å². The molecule has 0 saturated heterocycles. The lowest BCUT2D eigenvalue weighted by Gasteiger charge is -2.31. The molecule has 0 unspecified atom stereocenters. The van der Waals surface area contributed by atoms with E-state index in [9.17, 15) is 14.4 Å². The molecule has 36 heavy (non-hydrogen) atoms. The summed E-state index contributed by atoms with van der Waals surface area (Å²) in [5, 5.41) is 7.68. The van der Waals surface area contributed by atoms with E-state index in [1.807, 2.05) is 78.2 Å². The SMILES string of the molecule is CC(=O)Nc1ccc(N(C(=O)Cc2cccs2)[C@H](C(=O)NCc2ccccc2)c2ccccc2)cc1. The molecule has 0 aliphatic carbocycles. The number of nitrogens with zero attached hydrogens (tertiary/aromatic N) is 1. The van der Waals surface area contributed by atoms with Crippen LogP contribution in [0.1, 0.15) is 29.0 Å². The molecule has 0 radical (unpaired) electrons. The van der Waals surface area contributed by atoms with Gasteiger partial charge in [-0.3, -0.25) is 19.3 Å². The van der Waals surface area contributed by atoms with Gasteiger partial charge in [-0.2, -0.15) is 0 Å². The Bertz CT molecular complexity index is 1290. The molecule has 3 aromatic carbocycles. The van der Waals surface area contributed by atoms with Crippen LogP contribution in [0.15, 0.2) is 102 Å². The summed E-state index contributed by atoms with van der Waals surface area (Å²) in [7, 11) is 0. The zero-order chi connectivity index (χ0) is 25.3. The van der Waals surface area contributed by atoms with Crippen molar-refractivity contribution in [3.05, 3.63) is 118 Å². The molecule has 7 heteroatoms. The van der Waals surface area contributed by atoms with Crippen molar-refractivity contribution in [1.82, 2.24) is 5.32 Å². The number of amides is 3. The van der Waals surface area contributed by atoms with Crippen molar-refractivity contribution in [2.75, 3.05) is 10.2 Å². The van der Waals surface area contributed by atoms with Crippen LogP contribution in [0.5, 0.6) is 0 Å². The van der Waals surface area contributed by atoms with Crippen LogP contribution in [0.2, 0.25) is 0 Å². The van der Waals surface area contributed by atoms with Crippen molar-refractivity contribution < 1.29 is 14.4 Å². The lowest BCUT2D eigenvalue weighted by atomic mass is 10.0. The van der Waals surface area contributed by atoms with Crippen LogP contribution in [-0.2, 0) is 27.3 Å². The van der Waals surface area contributed by atoms with Crippen LogP contribution in [0.25, 0.3) is 0 Å². The lowest BCUT2D eigenvalue weighted by Crippen LogP contribution is -2.44. The van der Waals surface area contributed by atoms with Gasteiger partial charge in [0.2, 0.25) is 17.7 Å². The highest BCUT2D eigenvalue weighted by molar-refractivity contribution is 7.10. The summed E-state index contributed by atoms with van der Waals surface area (Å²) >= 11 is 1.50. The maximum atomic E-state index is 13.8. The smallest absolute Gasteiger partial charge is 0.248 e. The normalized spacial score (nSPS) is 11.4. The van der Waals surface area contributed by atoms with E-state index in [1.165, 1.54) is 18.3 Å². The van der Waals surface area contributed by atoms with Gasteiger partial charge in [0.05, 0.1) is 6.42 Å². The fraction of sp³-hybridized carbons (Fsp3) is 0.138. The molecular weight excluding hydrogens is 470 g/mol. The molecule has 1 aromatic heterocycles. The first kappa shape index (κ1) is 24.9. The van der Waals surface area contributed by atoms with Gasteiger partial charge < -0.3 is 10.6 Å². The standard InChI is InChI=1S/C29H27N3O3S/c1-21(33)31-24-14-16-25(17-15-24)32(27(34)19-26-13-8-18-36-26)28(23-11-6-3-7-12-23)29(35)30-20-22-9-4-2-5-10-22/h2-18,28H,19-20H2,1H3,(H,30,35)(H,31,33)/t28-/m0/s1. The van der Waals surface area contributed by atoms with Crippen LogP contribution in [-0.4, -0.2) is 17.7 Å². The first-order valence-electron chi connectivity index (χ1n) is 11.6. The van der Waals surface area contributed by atoms with E-state index >= 15 is 0 Å².